The SMILES string of the molecule is C=C/C(=C\C=C\F)CCCCC.C=C/C=C\C(=C)Br.F. The molecule has 0 saturated carbocycles. The van der Waals surface area contributed by atoms with Crippen LogP contribution in [0.1, 0.15) is 32.6 Å². The minimum atomic E-state index is 0. The molecule has 0 atom stereocenters. The normalized spacial score (nSPS) is 10.7. The Balaban J connectivity index is -0.000000312. The molecule has 0 aromatic rings. The lowest BCUT2D eigenvalue weighted by Gasteiger charge is -1.98. The Labute approximate surface area is 130 Å². The molecule has 0 unspecified atom stereocenters. The van der Waals surface area contributed by atoms with Crippen LogP contribution in [0.5, 0.6) is 0 Å². The summed E-state index contributed by atoms with van der Waals surface area (Å²) in [6.07, 6.45) is 15.4. The van der Waals surface area contributed by atoms with Crippen LogP contribution >= 0.6 is 15.9 Å². The third-order valence-electron chi connectivity index (χ3n) is 2.13. The van der Waals surface area contributed by atoms with E-state index in [-0.39, 0.29) is 4.70 Å². The van der Waals surface area contributed by atoms with Gasteiger partial charge in [-0.05, 0) is 30.6 Å². The number of rotatable bonds is 8. The van der Waals surface area contributed by atoms with Crippen molar-refractivity contribution < 1.29 is 9.09 Å². The second-order valence-corrected chi connectivity index (χ2v) is 4.78. The Morgan fingerprint density at radius 3 is 2.20 bits per heavy atom. The van der Waals surface area contributed by atoms with Crippen LogP contribution in [0.2, 0.25) is 0 Å². The fraction of sp³-hybridized carbons (Fsp3) is 0.294. The highest BCUT2D eigenvalue weighted by molar-refractivity contribution is 9.11. The number of hydrogen-bond donors (Lipinski definition) is 0. The highest BCUT2D eigenvalue weighted by Crippen LogP contribution is 2.09. The fourth-order valence-corrected chi connectivity index (χ4v) is 1.32. The second kappa shape index (κ2) is 20.1. The monoisotopic (exact) mass is 346 g/mol. The molecule has 3 heteroatoms. The van der Waals surface area contributed by atoms with Crippen molar-refractivity contribution in [2.75, 3.05) is 0 Å². The third-order valence-corrected chi connectivity index (χ3v) is 2.39. The molecule has 0 saturated heterocycles. The Kier molecular flexibility index (Phi) is 24.0. The van der Waals surface area contributed by atoms with E-state index in [9.17, 15) is 4.39 Å². The van der Waals surface area contributed by atoms with Crippen LogP contribution in [0.3, 0.4) is 0 Å². The van der Waals surface area contributed by atoms with Crippen LogP contribution in [0, 0.1) is 0 Å². The van der Waals surface area contributed by atoms with Crippen molar-refractivity contribution in [1.29, 1.82) is 0 Å². The van der Waals surface area contributed by atoms with Gasteiger partial charge in [0.25, 0.3) is 0 Å². The Hall–Kier alpha value is -1.22. The average molecular weight is 347 g/mol. The topological polar surface area (TPSA) is 0 Å². The maximum Gasteiger partial charge on any atom is 0.0867 e. The van der Waals surface area contributed by atoms with Crippen LogP contribution < -0.4 is 0 Å². The van der Waals surface area contributed by atoms with Gasteiger partial charge in [-0.1, -0.05) is 79.7 Å². The van der Waals surface area contributed by atoms with Crippen molar-refractivity contribution >= 4 is 15.9 Å². The molecule has 0 heterocycles. The van der Waals surface area contributed by atoms with Gasteiger partial charge in [0.2, 0.25) is 0 Å². The standard InChI is InChI=1S/C11H17F.C6H7Br.FH/c1-3-5-6-8-11(4-2)9-7-10-12;1-3-4-5-6(2)7;/h4,7,9-10H,2-3,5-6,8H2,1H3;3-5H,1-2H2;1H/b10-7+,11-9+;5-4-;. The van der Waals surface area contributed by atoms with Crippen molar-refractivity contribution in [2.45, 2.75) is 32.6 Å². The van der Waals surface area contributed by atoms with E-state index in [1.165, 1.54) is 18.9 Å². The van der Waals surface area contributed by atoms with Gasteiger partial charge >= 0.3 is 0 Å². The molecule has 0 aliphatic heterocycles. The molecule has 0 aliphatic carbocycles. The van der Waals surface area contributed by atoms with Gasteiger partial charge in [-0.2, -0.15) is 0 Å². The van der Waals surface area contributed by atoms with E-state index < -0.39 is 0 Å². The molecule has 114 valence electrons. The van der Waals surface area contributed by atoms with E-state index >= 15 is 0 Å². The predicted molar refractivity (Wildman–Crippen MR) is 92.6 cm³/mol. The molecular formula is C17H25BrF2. The van der Waals surface area contributed by atoms with Crippen LogP contribution in [-0.2, 0) is 0 Å². The van der Waals surface area contributed by atoms with E-state index in [1.54, 1.807) is 18.2 Å². The number of halogens is 3. The van der Waals surface area contributed by atoms with Crippen molar-refractivity contribution in [3.05, 3.63) is 72.6 Å². The van der Waals surface area contributed by atoms with E-state index in [0.29, 0.717) is 6.33 Å². The number of allylic oxidation sites excluding steroid dienone is 8. The summed E-state index contributed by atoms with van der Waals surface area (Å²) in [6.45, 7) is 12.9. The highest BCUT2D eigenvalue weighted by Gasteiger charge is 1.90. The second-order valence-electron chi connectivity index (χ2n) is 3.76. The van der Waals surface area contributed by atoms with Gasteiger partial charge in [-0.3, -0.25) is 4.70 Å². The van der Waals surface area contributed by atoms with E-state index in [4.69, 9.17) is 0 Å². The van der Waals surface area contributed by atoms with Gasteiger partial charge in [0, 0.05) is 4.48 Å². The van der Waals surface area contributed by atoms with Crippen molar-refractivity contribution in [1.82, 2.24) is 0 Å². The van der Waals surface area contributed by atoms with Crippen LogP contribution in [0.4, 0.5) is 9.09 Å². The minimum Gasteiger partial charge on any atom is -0.269 e. The molecule has 0 bridgehead atoms. The summed E-state index contributed by atoms with van der Waals surface area (Å²) in [7, 11) is 0. The zero-order chi connectivity index (χ0) is 14.9. The van der Waals surface area contributed by atoms with Gasteiger partial charge in [0.05, 0.1) is 6.33 Å². The lowest BCUT2D eigenvalue weighted by Crippen LogP contribution is -1.79. The van der Waals surface area contributed by atoms with Crippen molar-refractivity contribution in [2.24, 2.45) is 0 Å². The first kappa shape index (κ1) is 23.8. The first-order chi connectivity index (χ1) is 9.12. The van der Waals surface area contributed by atoms with Gasteiger partial charge in [0.1, 0.15) is 0 Å². The van der Waals surface area contributed by atoms with Gasteiger partial charge < -0.3 is 0 Å². The maximum absolute atomic E-state index is 11.6. The molecule has 0 aromatic heterocycles. The Morgan fingerprint density at radius 1 is 1.20 bits per heavy atom. The van der Waals surface area contributed by atoms with E-state index in [1.807, 2.05) is 12.2 Å². The smallest absolute Gasteiger partial charge is 0.0867 e. The van der Waals surface area contributed by atoms with E-state index in [2.05, 4.69) is 42.6 Å². The summed E-state index contributed by atoms with van der Waals surface area (Å²) in [5.41, 5.74) is 1.11. The molecule has 0 nitrogen and oxygen atoms in total. The molecule has 0 spiro atoms. The van der Waals surface area contributed by atoms with Gasteiger partial charge in [-0.15, -0.1) is 0 Å². The molecule has 0 aliphatic rings. The Bertz CT molecular complexity index is 339. The highest BCUT2D eigenvalue weighted by atomic mass is 79.9. The first-order valence-electron chi connectivity index (χ1n) is 6.34. The molecule has 20 heavy (non-hydrogen) atoms. The molecule has 0 rings (SSSR count). The van der Waals surface area contributed by atoms with Crippen LogP contribution in [0.15, 0.2) is 72.6 Å². The minimum absolute atomic E-state index is 0. The average Bonchev–Trinajstić information content (AvgIpc) is 2.41. The molecule has 0 radical (unpaired) electrons. The summed E-state index contributed by atoms with van der Waals surface area (Å²) in [5, 5.41) is 0. The maximum atomic E-state index is 11.6. The number of unbranched alkanes of at least 4 members (excludes halogenated alkanes) is 2. The molecule has 0 fully saturated rings. The quantitative estimate of drug-likeness (QED) is 0.329. The van der Waals surface area contributed by atoms with Gasteiger partial charge in [-0.25, -0.2) is 4.39 Å². The van der Waals surface area contributed by atoms with Crippen molar-refractivity contribution in [3.63, 3.8) is 0 Å². The zero-order valence-electron chi connectivity index (χ0n) is 12.2. The number of hydrogen-bond acceptors (Lipinski definition) is 0. The lowest BCUT2D eigenvalue weighted by molar-refractivity contribution is 0.715. The molecule has 0 amide bonds. The molecule has 0 N–H and O–H groups in total. The van der Waals surface area contributed by atoms with E-state index in [0.717, 1.165) is 22.9 Å². The zero-order valence-corrected chi connectivity index (χ0v) is 13.7. The van der Waals surface area contributed by atoms with Crippen LogP contribution in [0.25, 0.3) is 0 Å². The largest absolute Gasteiger partial charge is 0.269 e. The lowest BCUT2D eigenvalue weighted by atomic mass is 10.1. The summed E-state index contributed by atoms with van der Waals surface area (Å²) in [4.78, 5) is 0. The van der Waals surface area contributed by atoms with Crippen LogP contribution in [-0.4, -0.2) is 0 Å². The predicted octanol–water partition coefficient (Wildman–Crippen LogP) is 6.95. The summed E-state index contributed by atoms with van der Waals surface area (Å²) < 4.78 is 12.5. The van der Waals surface area contributed by atoms with Gasteiger partial charge in [0.15, 0.2) is 0 Å². The fourth-order valence-electron chi connectivity index (χ4n) is 1.16. The molecule has 0 aromatic carbocycles. The summed E-state index contributed by atoms with van der Waals surface area (Å²) >= 11 is 3.15. The first-order valence-corrected chi connectivity index (χ1v) is 7.13. The van der Waals surface area contributed by atoms with Crippen molar-refractivity contribution in [3.8, 4) is 0 Å². The molecular weight excluding hydrogens is 322 g/mol. The third kappa shape index (κ3) is 22.0. The summed E-state index contributed by atoms with van der Waals surface area (Å²) in [5.74, 6) is 0. The summed E-state index contributed by atoms with van der Waals surface area (Å²) in [6, 6.07) is 0. The Morgan fingerprint density at radius 2 is 1.85 bits per heavy atom.